The first-order chi connectivity index (χ1) is 19.8. The number of fused-ring (bicyclic) bond motifs is 1. The predicted octanol–water partition coefficient (Wildman–Crippen LogP) is 4.77. The Kier molecular flexibility index (Phi) is 7.33. The highest BCUT2D eigenvalue weighted by Crippen LogP contribution is 2.37. The van der Waals surface area contributed by atoms with Crippen molar-refractivity contribution >= 4 is 22.7 Å². The van der Waals surface area contributed by atoms with E-state index in [9.17, 15) is 23.2 Å². The molecule has 0 aliphatic heterocycles. The molecule has 0 spiro atoms. The lowest BCUT2D eigenvalue weighted by molar-refractivity contribution is 0.214. The monoisotopic (exact) mass is 562 g/mol. The smallest absolute Gasteiger partial charge is 0.417 e. The van der Waals surface area contributed by atoms with Crippen LogP contribution in [0.2, 0.25) is 0 Å². The summed E-state index contributed by atoms with van der Waals surface area (Å²) in [4.78, 5) is 43.9. The van der Waals surface area contributed by atoms with Crippen LogP contribution >= 0.6 is 0 Å². The van der Waals surface area contributed by atoms with Crippen LogP contribution in [0.5, 0.6) is 28.7 Å². The summed E-state index contributed by atoms with van der Waals surface area (Å²) in [6.07, 6.45) is 1.27. The molecule has 0 aliphatic rings. The largest absolute Gasteiger partial charge is 0.493 e. The van der Waals surface area contributed by atoms with Crippen molar-refractivity contribution in [3.05, 3.63) is 106 Å². The molecule has 3 aromatic carbocycles. The molecule has 0 saturated heterocycles. The maximum absolute atomic E-state index is 15.0. The van der Waals surface area contributed by atoms with Gasteiger partial charge in [0.15, 0.2) is 23.1 Å². The second-order valence-electron chi connectivity index (χ2n) is 8.37. The summed E-state index contributed by atoms with van der Waals surface area (Å²) >= 11 is 0. The highest BCUT2D eigenvalue weighted by molar-refractivity contribution is 5.88. The number of pyridine rings is 1. The number of methoxy groups -OCH3 is 2. The summed E-state index contributed by atoms with van der Waals surface area (Å²) in [6, 6.07) is 13.1. The van der Waals surface area contributed by atoms with Crippen molar-refractivity contribution in [1.29, 1.82) is 0 Å². The van der Waals surface area contributed by atoms with Gasteiger partial charge in [0.1, 0.15) is 11.6 Å². The minimum absolute atomic E-state index is 0.00544. The number of nitrogens with one attached hydrogen (secondary N) is 2. The van der Waals surface area contributed by atoms with Gasteiger partial charge in [0.25, 0.3) is 0 Å². The van der Waals surface area contributed by atoms with Gasteiger partial charge in [0.2, 0.25) is 5.75 Å². The van der Waals surface area contributed by atoms with Gasteiger partial charge in [-0.2, -0.15) is 0 Å². The maximum atomic E-state index is 15.0. The number of carbonyl (C=O) groups excluding carboxylic acids is 1. The van der Waals surface area contributed by atoms with Gasteiger partial charge in [0, 0.05) is 29.4 Å². The third-order valence-electron chi connectivity index (χ3n) is 5.84. The third kappa shape index (κ3) is 5.54. The second-order valence-corrected chi connectivity index (χ2v) is 8.37. The van der Waals surface area contributed by atoms with Crippen LogP contribution in [0.4, 0.5) is 19.3 Å². The Bertz CT molecular complexity index is 1890. The number of rotatable bonds is 7. The summed E-state index contributed by atoms with van der Waals surface area (Å²) < 4.78 is 50.3. The fraction of sp³-hybridized carbons (Fsp3) is 0.0714. The minimum atomic E-state index is -1.13. The summed E-state index contributed by atoms with van der Waals surface area (Å²) in [5.41, 5.74) is -1.21. The Labute approximate surface area is 229 Å². The van der Waals surface area contributed by atoms with Crippen LogP contribution in [0.25, 0.3) is 16.6 Å². The topological polar surface area (TPSA) is 134 Å². The molecule has 5 rings (SSSR count). The predicted molar refractivity (Wildman–Crippen MR) is 144 cm³/mol. The number of aromatic amines is 1. The third-order valence-corrected chi connectivity index (χ3v) is 5.84. The van der Waals surface area contributed by atoms with Crippen LogP contribution in [0, 0.1) is 11.6 Å². The standard InChI is InChI=1S/C28H20F2N4O7/c1-38-23-12-18-20(13-24(23)39-2)31-10-9-21(18)40-22-8-5-16(11-19(22)30)33-28(37)41-25-14-32-27(36)34(26(25)35)17-6-3-15(29)4-7-17/h3-14H,1-2H3,(H,32,36)(H,33,37). The summed E-state index contributed by atoms with van der Waals surface area (Å²) in [7, 11) is 2.98. The van der Waals surface area contributed by atoms with Crippen molar-refractivity contribution < 1.29 is 32.5 Å². The molecule has 13 heteroatoms. The van der Waals surface area contributed by atoms with Crippen LogP contribution in [-0.4, -0.2) is 34.8 Å². The molecule has 208 valence electrons. The summed E-state index contributed by atoms with van der Waals surface area (Å²) in [6.45, 7) is 0. The van der Waals surface area contributed by atoms with Crippen LogP contribution in [-0.2, 0) is 0 Å². The highest BCUT2D eigenvalue weighted by Gasteiger charge is 2.16. The van der Waals surface area contributed by atoms with E-state index < -0.39 is 34.7 Å². The normalized spacial score (nSPS) is 10.7. The Balaban J connectivity index is 1.33. The number of hydrogen-bond acceptors (Lipinski definition) is 8. The number of aromatic nitrogens is 3. The SMILES string of the molecule is COc1cc2nccc(Oc3ccc(NC(=O)Oc4c[nH]c(=O)n(-c5ccc(F)cc5)c4=O)cc3F)c2cc1OC. The first kappa shape index (κ1) is 26.9. The molecule has 41 heavy (non-hydrogen) atoms. The number of benzene rings is 3. The van der Waals surface area contributed by atoms with Crippen molar-refractivity contribution in [2.24, 2.45) is 0 Å². The molecule has 5 aromatic rings. The van der Waals surface area contributed by atoms with Crippen molar-refractivity contribution in [3.63, 3.8) is 0 Å². The molecule has 0 aliphatic carbocycles. The lowest BCUT2D eigenvalue weighted by atomic mass is 10.2. The molecule has 0 saturated carbocycles. The van der Waals surface area contributed by atoms with Crippen LogP contribution in [0.15, 0.2) is 82.6 Å². The molecule has 1 amide bonds. The van der Waals surface area contributed by atoms with Gasteiger partial charge < -0.3 is 23.9 Å². The fourth-order valence-electron chi connectivity index (χ4n) is 3.91. The van der Waals surface area contributed by atoms with E-state index in [-0.39, 0.29) is 17.1 Å². The molecule has 0 fully saturated rings. The fourth-order valence-corrected chi connectivity index (χ4v) is 3.91. The Morgan fingerprint density at radius 2 is 1.61 bits per heavy atom. The van der Waals surface area contributed by atoms with Crippen LogP contribution in [0.1, 0.15) is 0 Å². The number of amides is 1. The van der Waals surface area contributed by atoms with E-state index in [2.05, 4.69) is 15.3 Å². The van der Waals surface area contributed by atoms with E-state index in [0.29, 0.717) is 32.7 Å². The average molecular weight is 562 g/mol. The number of hydrogen-bond donors (Lipinski definition) is 2. The average Bonchev–Trinajstić information content (AvgIpc) is 2.96. The Morgan fingerprint density at radius 1 is 0.878 bits per heavy atom. The number of nitrogens with zero attached hydrogens (tertiary/aromatic N) is 2. The molecule has 11 nitrogen and oxygen atoms in total. The zero-order valence-corrected chi connectivity index (χ0v) is 21.4. The highest BCUT2D eigenvalue weighted by atomic mass is 19.1. The van der Waals surface area contributed by atoms with Gasteiger partial charge in [-0.3, -0.25) is 15.1 Å². The number of H-pyrrole nitrogens is 1. The molecule has 2 heterocycles. The summed E-state index contributed by atoms with van der Waals surface area (Å²) in [5, 5.41) is 2.85. The minimum Gasteiger partial charge on any atom is -0.493 e. The lowest BCUT2D eigenvalue weighted by Crippen LogP contribution is -2.35. The van der Waals surface area contributed by atoms with Crippen LogP contribution < -0.4 is 35.5 Å². The van der Waals surface area contributed by atoms with E-state index in [1.54, 1.807) is 18.2 Å². The molecule has 0 bridgehead atoms. The first-order valence-corrected chi connectivity index (χ1v) is 11.8. The van der Waals surface area contributed by atoms with E-state index in [1.165, 1.54) is 44.7 Å². The molecular weight excluding hydrogens is 542 g/mol. The molecule has 2 aromatic heterocycles. The van der Waals surface area contributed by atoms with Gasteiger partial charge >= 0.3 is 17.3 Å². The molecule has 0 atom stereocenters. The van der Waals surface area contributed by atoms with Gasteiger partial charge in [-0.05, 0) is 48.5 Å². The van der Waals surface area contributed by atoms with E-state index in [1.807, 2.05) is 0 Å². The molecule has 2 N–H and O–H groups in total. The lowest BCUT2D eigenvalue weighted by Gasteiger charge is -2.13. The Morgan fingerprint density at radius 3 is 2.32 bits per heavy atom. The van der Waals surface area contributed by atoms with E-state index in [4.69, 9.17) is 18.9 Å². The van der Waals surface area contributed by atoms with Crippen molar-refractivity contribution in [2.75, 3.05) is 19.5 Å². The van der Waals surface area contributed by atoms with Gasteiger partial charge in [-0.25, -0.2) is 22.9 Å². The number of anilines is 1. The van der Waals surface area contributed by atoms with Gasteiger partial charge in [-0.15, -0.1) is 0 Å². The van der Waals surface area contributed by atoms with Crippen molar-refractivity contribution in [1.82, 2.24) is 14.5 Å². The molecule has 0 radical (unpaired) electrons. The van der Waals surface area contributed by atoms with Gasteiger partial charge in [-0.1, -0.05) is 0 Å². The summed E-state index contributed by atoms with van der Waals surface area (Å²) in [5.74, 6) is -0.847. The first-order valence-electron chi connectivity index (χ1n) is 11.8. The van der Waals surface area contributed by atoms with Gasteiger partial charge in [0.05, 0.1) is 31.6 Å². The zero-order valence-electron chi connectivity index (χ0n) is 21.4. The van der Waals surface area contributed by atoms with Crippen molar-refractivity contribution in [2.45, 2.75) is 0 Å². The Hall–Kier alpha value is -5.72. The quantitative estimate of drug-likeness (QED) is 0.290. The zero-order chi connectivity index (χ0) is 29.1. The molecule has 0 unspecified atom stereocenters. The second kappa shape index (κ2) is 11.2. The number of halogens is 2. The maximum Gasteiger partial charge on any atom is 0.417 e. The molecular formula is C28H20F2N4O7. The number of ether oxygens (including phenoxy) is 4. The van der Waals surface area contributed by atoms with E-state index >= 15 is 0 Å². The van der Waals surface area contributed by atoms with Crippen LogP contribution in [0.3, 0.4) is 0 Å². The van der Waals surface area contributed by atoms with Crippen molar-refractivity contribution in [3.8, 4) is 34.4 Å². The van der Waals surface area contributed by atoms with E-state index in [0.717, 1.165) is 24.4 Å². The number of carbonyl (C=O) groups is 1.